The van der Waals surface area contributed by atoms with Gasteiger partial charge in [-0.1, -0.05) is 54.1 Å². The molecule has 7 heteroatoms. The lowest BCUT2D eigenvalue weighted by Crippen LogP contribution is -2.53. The van der Waals surface area contributed by atoms with Gasteiger partial charge >= 0.3 is 0 Å². The minimum absolute atomic E-state index is 0.221. The van der Waals surface area contributed by atoms with E-state index in [9.17, 15) is 9.90 Å². The Hall–Kier alpha value is -3.19. The highest BCUT2D eigenvalue weighted by molar-refractivity contribution is 6.30. The summed E-state index contributed by atoms with van der Waals surface area (Å²) in [6.45, 7) is 6.42. The number of imidazole rings is 1. The Morgan fingerprint density at radius 1 is 0.914 bits per heavy atom. The van der Waals surface area contributed by atoms with Gasteiger partial charge in [0.2, 0.25) is 0 Å². The van der Waals surface area contributed by atoms with Gasteiger partial charge in [0.05, 0.1) is 11.4 Å². The molecule has 35 heavy (non-hydrogen) atoms. The van der Waals surface area contributed by atoms with Gasteiger partial charge in [-0.05, 0) is 49.2 Å². The van der Waals surface area contributed by atoms with Crippen LogP contribution in [0.15, 0.2) is 72.9 Å². The lowest BCUT2D eigenvalue weighted by atomic mass is 10.1. The number of piperazine rings is 1. The molecule has 1 amide bonds. The third kappa shape index (κ3) is 4.96. The van der Waals surface area contributed by atoms with Crippen LogP contribution in [-0.4, -0.2) is 62.0 Å². The first-order valence-corrected chi connectivity index (χ1v) is 12.2. The number of benzene rings is 2. The van der Waals surface area contributed by atoms with E-state index >= 15 is 0 Å². The second-order valence-corrected chi connectivity index (χ2v) is 9.99. The Labute approximate surface area is 210 Å². The maximum absolute atomic E-state index is 12.5. The molecule has 180 valence electrons. The molecule has 0 bridgehead atoms. The summed E-state index contributed by atoms with van der Waals surface area (Å²) in [5.41, 5.74) is 4.87. The Morgan fingerprint density at radius 3 is 2.23 bits per heavy atom. The number of rotatable bonds is 5. The van der Waals surface area contributed by atoms with Gasteiger partial charge in [0.1, 0.15) is 11.2 Å². The van der Waals surface area contributed by atoms with E-state index in [0.717, 1.165) is 46.8 Å². The summed E-state index contributed by atoms with van der Waals surface area (Å²) in [6.07, 6.45) is 2.15. The average Bonchev–Trinajstić information content (AvgIpc) is 3.22. The number of nitrogens with zero attached hydrogens (tertiary/aromatic N) is 4. The van der Waals surface area contributed by atoms with Gasteiger partial charge in [-0.25, -0.2) is 4.98 Å². The molecule has 0 unspecified atom stereocenters. The number of aromatic nitrogens is 2. The van der Waals surface area contributed by atoms with Crippen LogP contribution in [-0.2, 0) is 11.3 Å². The van der Waals surface area contributed by atoms with Crippen molar-refractivity contribution >= 4 is 23.2 Å². The molecule has 2 aromatic carbocycles. The normalized spacial score (nSPS) is 15.0. The van der Waals surface area contributed by atoms with Crippen LogP contribution in [0.4, 0.5) is 0 Å². The van der Waals surface area contributed by atoms with Gasteiger partial charge in [-0.15, -0.1) is 0 Å². The van der Waals surface area contributed by atoms with Crippen LogP contribution >= 0.6 is 11.6 Å². The Kier molecular flexibility index (Phi) is 6.36. The van der Waals surface area contributed by atoms with E-state index in [0.29, 0.717) is 24.7 Å². The lowest BCUT2D eigenvalue weighted by molar-refractivity contribution is -0.149. The third-order valence-electron chi connectivity index (χ3n) is 6.50. The predicted octanol–water partition coefficient (Wildman–Crippen LogP) is 4.74. The summed E-state index contributed by atoms with van der Waals surface area (Å²) in [7, 11) is 0. The fraction of sp³-hybridized carbons (Fsp3) is 0.286. The van der Waals surface area contributed by atoms with E-state index in [1.807, 2.05) is 42.5 Å². The fourth-order valence-corrected chi connectivity index (χ4v) is 4.72. The summed E-state index contributed by atoms with van der Waals surface area (Å²) in [4.78, 5) is 21.6. The number of carbonyl (C=O) groups excluding carboxylic acids is 1. The number of fused-ring (bicyclic) bond motifs is 1. The molecule has 0 aliphatic carbocycles. The molecular weight excluding hydrogens is 460 g/mol. The zero-order valence-electron chi connectivity index (χ0n) is 20.0. The zero-order chi connectivity index (χ0) is 24.6. The zero-order valence-corrected chi connectivity index (χ0v) is 20.7. The van der Waals surface area contributed by atoms with Crippen LogP contribution in [0, 0.1) is 0 Å². The average molecular weight is 489 g/mol. The fourth-order valence-electron chi connectivity index (χ4n) is 4.59. The highest BCUT2D eigenvalue weighted by Crippen LogP contribution is 2.29. The van der Waals surface area contributed by atoms with Crippen LogP contribution in [0.2, 0.25) is 5.02 Å². The van der Waals surface area contributed by atoms with Gasteiger partial charge in [0.25, 0.3) is 5.91 Å². The summed E-state index contributed by atoms with van der Waals surface area (Å²) >= 11 is 6.15. The molecular formula is C28H29ClN4O2. The van der Waals surface area contributed by atoms with Gasteiger partial charge in [0.15, 0.2) is 0 Å². The van der Waals surface area contributed by atoms with E-state index in [2.05, 4.69) is 39.8 Å². The molecule has 0 spiro atoms. The number of aliphatic hydroxyl groups is 1. The van der Waals surface area contributed by atoms with Gasteiger partial charge in [0, 0.05) is 49.5 Å². The molecule has 1 saturated heterocycles. The van der Waals surface area contributed by atoms with Crippen LogP contribution in [0.25, 0.3) is 28.0 Å². The molecule has 0 saturated carbocycles. The van der Waals surface area contributed by atoms with Gasteiger partial charge < -0.3 is 14.4 Å². The number of pyridine rings is 1. The minimum Gasteiger partial charge on any atom is -0.381 e. The molecule has 1 fully saturated rings. The molecule has 0 radical (unpaired) electrons. The molecule has 1 aliphatic rings. The summed E-state index contributed by atoms with van der Waals surface area (Å²) < 4.78 is 2.18. The first kappa shape index (κ1) is 23.5. The number of hydrogen-bond acceptors (Lipinski definition) is 4. The maximum atomic E-state index is 12.5. The monoisotopic (exact) mass is 488 g/mol. The lowest BCUT2D eigenvalue weighted by Gasteiger charge is -2.37. The maximum Gasteiger partial charge on any atom is 0.254 e. The first-order chi connectivity index (χ1) is 16.8. The molecule has 1 aliphatic heterocycles. The van der Waals surface area contributed by atoms with Gasteiger partial charge in [-0.2, -0.15) is 0 Å². The van der Waals surface area contributed by atoms with Crippen molar-refractivity contribution in [1.29, 1.82) is 0 Å². The predicted molar refractivity (Wildman–Crippen MR) is 139 cm³/mol. The number of carbonyl (C=O) groups is 1. The highest BCUT2D eigenvalue weighted by atomic mass is 35.5. The number of hydrogen-bond donors (Lipinski definition) is 1. The van der Waals surface area contributed by atoms with Crippen molar-refractivity contribution in [2.24, 2.45) is 0 Å². The third-order valence-corrected chi connectivity index (χ3v) is 6.75. The van der Waals surface area contributed by atoms with E-state index in [4.69, 9.17) is 16.6 Å². The van der Waals surface area contributed by atoms with Crippen LogP contribution < -0.4 is 0 Å². The topological polar surface area (TPSA) is 61.1 Å². The van der Waals surface area contributed by atoms with E-state index in [-0.39, 0.29) is 5.91 Å². The second-order valence-electron chi connectivity index (χ2n) is 9.55. The second kappa shape index (κ2) is 9.46. The SMILES string of the molecule is CC(C)(O)C(=O)N1CCN(Cc2c(-c3ccc(Cl)cc3)nc3ccc(-c4ccccc4)cn23)CC1. The largest absolute Gasteiger partial charge is 0.381 e. The summed E-state index contributed by atoms with van der Waals surface area (Å²) in [5, 5.41) is 10.8. The Morgan fingerprint density at radius 2 is 1.57 bits per heavy atom. The summed E-state index contributed by atoms with van der Waals surface area (Å²) in [5.74, 6) is -0.221. The highest BCUT2D eigenvalue weighted by Gasteiger charge is 2.32. The van der Waals surface area contributed by atoms with Gasteiger partial charge in [-0.3, -0.25) is 9.69 Å². The summed E-state index contributed by atoms with van der Waals surface area (Å²) in [6, 6.07) is 22.3. The molecule has 3 heterocycles. The first-order valence-electron chi connectivity index (χ1n) is 11.9. The van der Waals surface area contributed by atoms with Crippen LogP contribution in [0.1, 0.15) is 19.5 Å². The quantitative estimate of drug-likeness (QED) is 0.441. The van der Waals surface area contributed by atoms with E-state index in [1.165, 1.54) is 0 Å². The smallest absolute Gasteiger partial charge is 0.254 e. The number of amides is 1. The standard InChI is InChI=1S/C28H29ClN4O2/c1-28(2,35)27(34)32-16-14-31(15-17-32)19-24-26(21-8-11-23(29)12-9-21)30-25-13-10-22(18-33(24)25)20-6-4-3-5-7-20/h3-13,18,35H,14-17,19H2,1-2H3. The minimum atomic E-state index is -1.35. The van der Waals surface area contributed by atoms with Crippen molar-refractivity contribution in [3.8, 4) is 22.4 Å². The van der Waals surface area contributed by atoms with Crippen LogP contribution in [0.3, 0.4) is 0 Å². The number of halogens is 1. The van der Waals surface area contributed by atoms with Crippen LogP contribution in [0.5, 0.6) is 0 Å². The Bertz CT molecular complexity index is 1340. The molecule has 0 atom stereocenters. The molecule has 2 aromatic heterocycles. The van der Waals surface area contributed by atoms with Crippen molar-refractivity contribution in [3.63, 3.8) is 0 Å². The van der Waals surface area contributed by atoms with E-state index < -0.39 is 5.60 Å². The Balaban J connectivity index is 1.49. The molecule has 6 nitrogen and oxygen atoms in total. The van der Waals surface area contributed by atoms with Crippen molar-refractivity contribution < 1.29 is 9.90 Å². The van der Waals surface area contributed by atoms with Crippen molar-refractivity contribution in [2.45, 2.75) is 26.0 Å². The van der Waals surface area contributed by atoms with Crippen molar-refractivity contribution in [2.75, 3.05) is 26.2 Å². The van der Waals surface area contributed by atoms with Crippen molar-refractivity contribution in [1.82, 2.24) is 19.2 Å². The van der Waals surface area contributed by atoms with E-state index in [1.54, 1.807) is 18.7 Å². The van der Waals surface area contributed by atoms with Crippen molar-refractivity contribution in [3.05, 3.63) is 83.6 Å². The molecule has 1 N–H and O–H groups in total. The molecule has 4 aromatic rings. The molecule has 5 rings (SSSR count).